The quantitative estimate of drug-likeness (QED) is 0.857. The number of nitrogens with zero attached hydrogens (tertiary/aromatic N) is 1. The molecule has 0 radical (unpaired) electrons. The molecule has 3 heteroatoms. The topological polar surface area (TPSA) is 24.5 Å². The van der Waals surface area contributed by atoms with Gasteiger partial charge in [0.15, 0.2) is 0 Å². The average molecular weight is 280 g/mol. The first-order valence-corrected chi connectivity index (χ1v) is 8.64. The largest absolute Gasteiger partial charge is 0.378 e. The zero-order valence-corrected chi connectivity index (χ0v) is 13.7. The fourth-order valence-electron chi connectivity index (χ4n) is 4.70. The highest BCUT2D eigenvalue weighted by Gasteiger charge is 2.59. The predicted molar refractivity (Wildman–Crippen MR) is 82.9 cm³/mol. The van der Waals surface area contributed by atoms with Crippen molar-refractivity contribution in [3.8, 4) is 0 Å². The van der Waals surface area contributed by atoms with E-state index in [4.69, 9.17) is 4.74 Å². The molecule has 3 fully saturated rings. The minimum Gasteiger partial charge on any atom is -0.378 e. The summed E-state index contributed by atoms with van der Waals surface area (Å²) in [5, 5.41) is 4.03. The van der Waals surface area contributed by atoms with Crippen molar-refractivity contribution in [1.82, 2.24) is 10.2 Å². The number of likely N-dealkylation sites (tertiary alicyclic amines) is 1. The van der Waals surface area contributed by atoms with Gasteiger partial charge in [-0.2, -0.15) is 0 Å². The van der Waals surface area contributed by atoms with Crippen LogP contribution < -0.4 is 5.32 Å². The van der Waals surface area contributed by atoms with E-state index >= 15 is 0 Å². The molecule has 0 bridgehead atoms. The third-order valence-electron chi connectivity index (χ3n) is 6.46. The Balaban J connectivity index is 1.58. The summed E-state index contributed by atoms with van der Waals surface area (Å²) in [6, 6.07) is 2.13. The number of piperidine rings is 1. The van der Waals surface area contributed by atoms with Crippen molar-refractivity contribution in [2.24, 2.45) is 11.3 Å². The Morgan fingerprint density at radius 2 is 2.00 bits per heavy atom. The van der Waals surface area contributed by atoms with E-state index in [1.807, 2.05) is 0 Å². The summed E-state index contributed by atoms with van der Waals surface area (Å²) in [5.41, 5.74) is 0.502. The van der Waals surface area contributed by atoms with Gasteiger partial charge in [0, 0.05) is 36.7 Å². The standard InChI is InChI=1S/C17H32N2O/c1-5-20-16-10-15(17(16)7-6-8-17)18-14-9-13(3)19(4)11-12(14)2/h12-16,18H,5-11H2,1-4H3/t12-,13+,14-,15+,16-/m1/s1. The first-order chi connectivity index (χ1) is 9.56. The first-order valence-electron chi connectivity index (χ1n) is 8.64. The lowest BCUT2D eigenvalue weighted by atomic mass is 9.50. The fraction of sp³-hybridized carbons (Fsp3) is 1.00. The molecule has 116 valence electrons. The molecule has 0 aromatic carbocycles. The zero-order valence-electron chi connectivity index (χ0n) is 13.7. The van der Waals surface area contributed by atoms with Crippen LogP contribution in [0.2, 0.25) is 0 Å². The van der Waals surface area contributed by atoms with Gasteiger partial charge >= 0.3 is 0 Å². The van der Waals surface area contributed by atoms with Gasteiger partial charge in [-0.3, -0.25) is 0 Å². The molecule has 0 aromatic rings. The van der Waals surface area contributed by atoms with Crippen LogP contribution in [0.3, 0.4) is 0 Å². The molecule has 20 heavy (non-hydrogen) atoms. The fourth-order valence-corrected chi connectivity index (χ4v) is 4.70. The van der Waals surface area contributed by atoms with E-state index in [0.717, 1.165) is 18.6 Å². The summed E-state index contributed by atoms with van der Waals surface area (Å²) >= 11 is 0. The van der Waals surface area contributed by atoms with Crippen molar-refractivity contribution in [2.45, 2.75) is 77.1 Å². The minimum absolute atomic E-state index is 0.502. The van der Waals surface area contributed by atoms with Crippen LogP contribution in [0.5, 0.6) is 0 Å². The second-order valence-electron chi connectivity index (χ2n) is 7.59. The summed E-state index contributed by atoms with van der Waals surface area (Å²) in [6.07, 6.45) is 7.24. The van der Waals surface area contributed by atoms with Crippen molar-refractivity contribution in [2.75, 3.05) is 20.2 Å². The molecular formula is C17H32N2O. The Bertz CT molecular complexity index is 342. The SMILES string of the molecule is CCO[C@@H]1C[C@H](N[C@@H]2C[C@H](C)N(C)C[C@H]2C)C12CCC2. The van der Waals surface area contributed by atoms with Crippen molar-refractivity contribution < 1.29 is 4.74 Å². The third kappa shape index (κ3) is 2.32. The number of ether oxygens (including phenoxy) is 1. The van der Waals surface area contributed by atoms with Crippen LogP contribution in [0.15, 0.2) is 0 Å². The van der Waals surface area contributed by atoms with Gasteiger partial charge in [0.25, 0.3) is 0 Å². The first kappa shape index (κ1) is 14.8. The van der Waals surface area contributed by atoms with Gasteiger partial charge in [-0.25, -0.2) is 0 Å². The molecule has 3 nitrogen and oxygen atoms in total. The van der Waals surface area contributed by atoms with E-state index in [0.29, 0.717) is 23.6 Å². The van der Waals surface area contributed by atoms with Gasteiger partial charge in [0.1, 0.15) is 0 Å². The van der Waals surface area contributed by atoms with Gasteiger partial charge in [0.05, 0.1) is 6.10 Å². The van der Waals surface area contributed by atoms with Crippen molar-refractivity contribution in [3.05, 3.63) is 0 Å². The number of hydrogen-bond acceptors (Lipinski definition) is 3. The summed E-state index contributed by atoms with van der Waals surface area (Å²) in [4.78, 5) is 2.51. The van der Waals surface area contributed by atoms with Crippen LogP contribution in [0, 0.1) is 11.3 Å². The summed E-state index contributed by atoms with van der Waals surface area (Å²) in [6.45, 7) is 9.01. The van der Waals surface area contributed by atoms with Crippen molar-refractivity contribution in [3.63, 3.8) is 0 Å². The van der Waals surface area contributed by atoms with Crippen LogP contribution >= 0.6 is 0 Å². The van der Waals surface area contributed by atoms with E-state index in [9.17, 15) is 0 Å². The van der Waals surface area contributed by atoms with Crippen molar-refractivity contribution >= 4 is 0 Å². The van der Waals surface area contributed by atoms with E-state index in [1.54, 1.807) is 0 Å². The third-order valence-corrected chi connectivity index (χ3v) is 6.46. The van der Waals surface area contributed by atoms with Gasteiger partial charge in [-0.1, -0.05) is 13.3 Å². The van der Waals surface area contributed by atoms with E-state index in [2.05, 4.69) is 38.0 Å². The molecule has 0 amide bonds. The smallest absolute Gasteiger partial charge is 0.0661 e. The Hall–Kier alpha value is -0.120. The molecule has 1 N–H and O–H groups in total. The average Bonchev–Trinajstić information content (AvgIpc) is 2.32. The Morgan fingerprint density at radius 3 is 2.60 bits per heavy atom. The van der Waals surface area contributed by atoms with E-state index in [-0.39, 0.29) is 0 Å². The molecule has 1 spiro atoms. The number of rotatable bonds is 4. The predicted octanol–water partition coefficient (Wildman–Crippen LogP) is 2.65. The van der Waals surface area contributed by atoms with Gasteiger partial charge in [0.2, 0.25) is 0 Å². The highest BCUT2D eigenvalue weighted by molar-refractivity contribution is 5.13. The van der Waals surface area contributed by atoms with Gasteiger partial charge < -0.3 is 15.0 Å². The second kappa shape index (κ2) is 5.58. The number of nitrogens with one attached hydrogen (secondary N) is 1. The molecule has 2 saturated carbocycles. The summed E-state index contributed by atoms with van der Waals surface area (Å²) in [7, 11) is 2.26. The maximum Gasteiger partial charge on any atom is 0.0661 e. The summed E-state index contributed by atoms with van der Waals surface area (Å²) in [5.74, 6) is 0.763. The zero-order chi connectivity index (χ0) is 14.3. The van der Waals surface area contributed by atoms with Crippen LogP contribution in [0.25, 0.3) is 0 Å². The molecule has 2 aliphatic carbocycles. The van der Waals surface area contributed by atoms with Gasteiger partial charge in [-0.05, 0) is 52.5 Å². The second-order valence-corrected chi connectivity index (χ2v) is 7.59. The highest BCUT2D eigenvalue weighted by atomic mass is 16.5. The van der Waals surface area contributed by atoms with E-state index in [1.165, 1.54) is 38.6 Å². The maximum absolute atomic E-state index is 5.97. The molecular weight excluding hydrogens is 248 g/mol. The van der Waals surface area contributed by atoms with Crippen LogP contribution in [-0.2, 0) is 4.74 Å². The van der Waals surface area contributed by atoms with Crippen LogP contribution in [-0.4, -0.2) is 49.3 Å². The Morgan fingerprint density at radius 1 is 1.25 bits per heavy atom. The van der Waals surface area contributed by atoms with Crippen molar-refractivity contribution in [1.29, 1.82) is 0 Å². The molecule has 1 heterocycles. The van der Waals surface area contributed by atoms with E-state index < -0.39 is 0 Å². The molecule has 3 rings (SSSR count). The number of hydrogen-bond donors (Lipinski definition) is 1. The molecule has 3 aliphatic rings. The lowest BCUT2D eigenvalue weighted by molar-refractivity contribution is -0.176. The minimum atomic E-state index is 0.502. The normalized spacial score (nSPS) is 44.1. The molecule has 0 unspecified atom stereocenters. The van der Waals surface area contributed by atoms with Gasteiger partial charge in [-0.15, -0.1) is 0 Å². The lowest BCUT2D eigenvalue weighted by Crippen LogP contribution is -2.69. The monoisotopic (exact) mass is 280 g/mol. The molecule has 5 atom stereocenters. The summed E-state index contributed by atoms with van der Waals surface area (Å²) < 4.78 is 5.97. The van der Waals surface area contributed by atoms with Crippen LogP contribution in [0.4, 0.5) is 0 Å². The Kier molecular flexibility index (Phi) is 4.13. The molecule has 1 aliphatic heterocycles. The van der Waals surface area contributed by atoms with Crippen LogP contribution in [0.1, 0.15) is 52.9 Å². The lowest BCUT2D eigenvalue weighted by Gasteiger charge is -2.62. The Labute approximate surface area is 124 Å². The highest BCUT2D eigenvalue weighted by Crippen LogP contribution is 2.57. The molecule has 0 aromatic heterocycles. The maximum atomic E-state index is 5.97. The molecule has 1 saturated heterocycles.